The van der Waals surface area contributed by atoms with Gasteiger partial charge in [0, 0.05) is 15.8 Å². The monoisotopic (exact) mass is 354 g/mol. The molecule has 2 rings (SSSR count). The van der Waals surface area contributed by atoms with Gasteiger partial charge < -0.3 is 5.73 Å². The van der Waals surface area contributed by atoms with Gasteiger partial charge >= 0.3 is 0 Å². The lowest BCUT2D eigenvalue weighted by Crippen LogP contribution is -2.14. The number of hydrogen-bond acceptors (Lipinski definition) is 3. The number of sulfonamides is 1. The van der Waals surface area contributed by atoms with Gasteiger partial charge in [-0.2, -0.15) is 0 Å². The number of benzene rings is 2. The Balaban J connectivity index is 2.40. The second kappa shape index (κ2) is 5.46. The molecule has 0 aliphatic carbocycles. The molecule has 0 heterocycles. The molecule has 0 radical (unpaired) electrons. The van der Waals surface area contributed by atoms with E-state index in [1.807, 2.05) is 19.9 Å². The minimum Gasteiger partial charge on any atom is -0.399 e. The molecule has 0 saturated heterocycles. The third-order valence-electron chi connectivity index (χ3n) is 2.72. The van der Waals surface area contributed by atoms with Crippen molar-refractivity contribution in [3.8, 4) is 0 Å². The first kappa shape index (κ1) is 14.9. The molecule has 0 saturated carbocycles. The summed E-state index contributed by atoms with van der Waals surface area (Å²) in [6.07, 6.45) is 0. The van der Waals surface area contributed by atoms with Gasteiger partial charge in [-0.3, -0.25) is 4.72 Å². The van der Waals surface area contributed by atoms with E-state index in [0.29, 0.717) is 15.8 Å². The molecule has 20 heavy (non-hydrogen) atoms. The number of hydrogen-bond donors (Lipinski definition) is 2. The zero-order chi connectivity index (χ0) is 14.9. The van der Waals surface area contributed by atoms with E-state index in [4.69, 9.17) is 5.73 Å². The fourth-order valence-corrected chi connectivity index (χ4v) is 4.12. The fraction of sp³-hybridized carbons (Fsp3) is 0.143. The summed E-state index contributed by atoms with van der Waals surface area (Å²) in [6.45, 7) is 3.84. The Morgan fingerprint density at radius 1 is 1.05 bits per heavy atom. The molecule has 0 aromatic heterocycles. The van der Waals surface area contributed by atoms with Crippen molar-refractivity contribution < 1.29 is 8.42 Å². The third-order valence-corrected chi connectivity index (χ3v) is 5.08. The average Bonchev–Trinajstić information content (AvgIpc) is 2.25. The average molecular weight is 355 g/mol. The van der Waals surface area contributed by atoms with E-state index < -0.39 is 10.0 Å². The Bertz CT molecular complexity index is 738. The summed E-state index contributed by atoms with van der Waals surface area (Å²) >= 11 is 3.23. The van der Waals surface area contributed by atoms with Crippen molar-refractivity contribution in [2.75, 3.05) is 10.5 Å². The number of halogens is 1. The molecule has 0 amide bonds. The lowest BCUT2D eigenvalue weighted by molar-refractivity contribution is 0.601. The first-order valence-corrected chi connectivity index (χ1v) is 8.22. The van der Waals surface area contributed by atoms with Gasteiger partial charge in [-0.05, 0) is 71.2 Å². The Labute approximate surface area is 127 Å². The Hall–Kier alpha value is -1.53. The van der Waals surface area contributed by atoms with Crippen LogP contribution in [0.1, 0.15) is 11.1 Å². The molecule has 0 aliphatic heterocycles. The molecular weight excluding hydrogens is 340 g/mol. The zero-order valence-corrected chi connectivity index (χ0v) is 13.5. The normalized spacial score (nSPS) is 11.3. The van der Waals surface area contributed by atoms with Crippen LogP contribution in [0.4, 0.5) is 11.4 Å². The molecule has 106 valence electrons. The summed E-state index contributed by atoms with van der Waals surface area (Å²) in [5.41, 5.74) is 8.67. The van der Waals surface area contributed by atoms with E-state index in [0.717, 1.165) is 11.1 Å². The molecule has 2 aromatic carbocycles. The fourth-order valence-electron chi connectivity index (χ4n) is 1.98. The predicted octanol–water partition coefficient (Wildman–Crippen LogP) is 3.45. The molecule has 2 aromatic rings. The Kier molecular flexibility index (Phi) is 4.06. The van der Waals surface area contributed by atoms with E-state index in [1.165, 1.54) is 6.07 Å². The number of nitrogen functional groups attached to an aromatic ring is 1. The second-order valence-electron chi connectivity index (χ2n) is 4.67. The van der Waals surface area contributed by atoms with E-state index in [9.17, 15) is 8.42 Å². The summed E-state index contributed by atoms with van der Waals surface area (Å²) in [6, 6.07) is 10.2. The van der Waals surface area contributed by atoms with Gasteiger partial charge in [-0.15, -0.1) is 0 Å². The van der Waals surface area contributed by atoms with Crippen LogP contribution in [0.2, 0.25) is 0 Å². The molecule has 0 bridgehead atoms. The molecule has 0 unspecified atom stereocenters. The minimum atomic E-state index is -3.65. The molecule has 0 atom stereocenters. The summed E-state index contributed by atoms with van der Waals surface area (Å²) < 4.78 is 27.8. The highest BCUT2D eigenvalue weighted by Gasteiger charge is 2.18. The van der Waals surface area contributed by atoms with Crippen molar-refractivity contribution in [3.05, 3.63) is 52.0 Å². The maximum Gasteiger partial charge on any atom is 0.263 e. The van der Waals surface area contributed by atoms with Crippen LogP contribution < -0.4 is 10.5 Å². The first-order valence-electron chi connectivity index (χ1n) is 5.94. The predicted molar refractivity (Wildman–Crippen MR) is 85.3 cm³/mol. The molecule has 3 N–H and O–H groups in total. The van der Waals surface area contributed by atoms with Crippen LogP contribution in [0.5, 0.6) is 0 Å². The zero-order valence-electron chi connectivity index (χ0n) is 11.1. The molecule has 0 fully saturated rings. The summed E-state index contributed by atoms with van der Waals surface area (Å²) in [5, 5.41) is 0. The number of aryl methyl sites for hydroxylation is 2. The molecule has 6 heteroatoms. The van der Waals surface area contributed by atoms with Crippen LogP contribution in [0, 0.1) is 13.8 Å². The van der Waals surface area contributed by atoms with Crippen molar-refractivity contribution in [2.45, 2.75) is 18.7 Å². The van der Waals surface area contributed by atoms with Crippen LogP contribution in [-0.2, 0) is 10.0 Å². The maximum absolute atomic E-state index is 12.4. The number of nitrogens with two attached hydrogens (primary N) is 1. The van der Waals surface area contributed by atoms with E-state index >= 15 is 0 Å². The van der Waals surface area contributed by atoms with Crippen molar-refractivity contribution in [3.63, 3.8) is 0 Å². The van der Waals surface area contributed by atoms with Gasteiger partial charge in [-0.25, -0.2) is 8.42 Å². The van der Waals surface area contributed by atoms with Gasteiger partial charge in [0.1, 0.15) is 4.90 Å². The van der Waals surface area contributed by atoms with E-state index in [1.54, 1.807) is 24.3 Å². The van der Waals surface area contributed by atoms with Gasteiger partial charge in [0.2, 0.25) is 0 Å². The second-order valence-corrected chi connectivity index (χ2v) is 7.18. The summed E-state index contributed by atoms with van der Waals surface area (Å²) in [5.74, 6) is 0. The maximum atomic E-state index is 12.4. The highest BCUT2D eigenvalue weighted by atomic mass is 79.9. The molecular formula is C14H15BrN2O2S. The van der Waals surface area contributed by atoms with Gasteiger partial charge in [0.15, 0.2) is 0 Å². The van der Waals surface area contributed by atoms with Gasteiger partial charge in [0.05, 0.1) is 0 Å². The van der Waals surface area contributed by atoms with Gasteiger partial charge in [0.25, 0.3) is 10.0 Å². The highest BCUT2D eigenvalue weighted by Crippen LogP contribution is 2.26. The molecule has 0 aliphatic rings. The molecule has 4 nitrogen and oxygen atoms in total. The smallest absolute Gasteiger partial charge is 0.263 e. The Morgan fingerprint density at radius 3 is 2.20 bits per heavy atom. The summed E-state index contributed by atoms with van der Waals surface area (Å²) in [7, 11) is -3.65. The van der Waals surface area contributed by atoms with Gasteiger partial charge in [-0.1, -0.05) is 6.07 Å². The topological polar surface area (TPSA) is 72.2 Å². The van der Waals surface area contributed by atoms with Crippen LogP contribution in [0.25, 0.3) is 0 Å². The highest BCUT2D eigenvalue weighted by molar-refractivity contribution is 9.10. The quantitative estimate of drug-likeness (QED) is 0.829. The number of nitrogens with one attached hydrogen (secondary N) is 1. The van der Waals surface area contributed by atoms with Crippen molar-refractivity contribution in [1.29, 1.82) is 0 Å². The van der Waals surface area contributed by atoms with E-state index in [2.05, 4.69) is 20.7 Å². The Morgan fingerprint density at radius 2 is 1.65 bits per heavy atom. The lowest BCUT2D eigenvalue weighted by atomic mass is 10.1. The standard InChI is InChI=1S/C14H15BrN2O2S/c1-9-5-10(2)7-12(6-9)17-20(18,19)14-4-3-11(16)8-13(14)15/h3-8,17H,16H2,1-2H3. The first-order chi connectivity index (χ1) is 9.28. The van der Waals surface area contributed by atoms with Crippen LogP contribution in [0.3, 0.4) is 0 Å². The van der Waals surface area contributed by atoms with Crippen molar-refractivity contribution in [1.82, 2.24) is 0 Å². The van der Waals surface area contributed by atoms with Crippen molar-refractivity contribution in [2.24, 2.45) is 0 Å². The minimum absolute atomic E-state index is 0.158. The SMILES string of the molecule is Cc1cc(C)cc(NS(=O)(=O)c2ccc(N)cc2Br)c1. The molecule has 0 spiro atoms. The van der Waals surface area contributed by atoms with Crippen LogP contribution >= 0.6 is 15.9 Å². The van der Waals surface area contributed by atoms with E-state index in [-0.39, 0.29) is 4.90 Å². The van der Waals surface area contributed by atoms with Crippen LogP contribution in [-0.4, -0.2) is 8.42 Å². The lowest BCUT2D eigenvalue weighted by Gasteiger charge is -2.11. The largest absolute Gasteiger partial charge is 0.399 e. The van der Waals surface area contributed by atoms with Crippen LogP contribution in [0.15, 0.2) is 45.8 Å². The third kappa shape index (κ3) is 3.32. The summed E-state index contributed by atoms with van der Waals surface area (Å²) in [4.78, 5) is 0.158. The number of rotatable bonds is 3. The number of anilines is 2. The van der Waals surface area contributed by atoms with Crippen molar-refractivity contribution >= 4 is 37.3 Å².